The van der Waals surface area contributed by atoms with Crippen molar-refractivity contribution in [3.8, 4) is 0 Å². The van der Waals surface area contributed by atoms with Crippen LogP contribution < -0.4 is 16.8 Å². The Kier molecular flexibility index (Phi) is 3.33. The quantitative estimate of drug-likeness (QED) is 0.786. The monoisotopic (exact) mass is 260 g/mol. The van der Waals surface area contributed by atoms with E-state index in [4.69, 9.17) is 11.5 Å². The summed E-state index contributed by atoms with van der Waals surface area (Å²) in [5.74, 6) is -0.785. The number of carbonyl (C=O) groups is 1. The number of aromatic nitrogens is 1. The highest BCUT2D eigenvalue weighted by molar-refractivity contribution is 5.99. The lowest BCUT2D eigenvalue weighted by Crippen LogP contribution is -2.14. The van der Waals surface area contributed by atoms with Gasteiger partial charge in [0.15, 0.2) is 0 Å². The minimum atomic E-state index is -0.635. The number of benzene rings is 1. The largest absolute Gasteiger partial charge is 0.384 e. The summed E-state index contributed by atoms with van der Waals surface area (Å²) in [4.78, 5) is 15.2. The number of hydrogen-bond acceptors (Lipinski definition) is 4. The third kappa shape index (κ3) is 2.79. The lowest BCUT2D eigenvalue weighted by Gasteiger charge is -2.10. The molecular formula is C13H13FN4O. The fraction of sp³-hybridized carbons (Fsp3) is 0.0769. The average Bonchev–Trinajstić information content (AvgIpc) is 2.36. The van der Waals surface area contributed by atoms with Crippen molar-refractivity contribution < 1.29 is 9.18 Å². The number of aryl methyl sites for hydroxylation is 1. The maximum absolute atomic E-state index is 13.4. The van der Waals surface area contributed by atoms with Crippen molar-refractivity contribution in [1.82, 2.24) is 4.98 Å². The summed E-state index contributed by atoms with van der Waals surface area (Å²) in [6, 6.07) is 6.03. The number of anilines is 3. The molecule has 1 amide bonds. The Balaban J connectivity index is 2.37. The van der Waals surface area contributed by atoms with Crippen molar-refractivity contribution in [2.24, 2.45) is 5.73 Å². The van der Waals surface area contributed by atoms with E-state index in [1.54, 1.807) is 19.1 Å². The molecule has 2 rings (SSSR count). The van der Waals surface area contributed by atoms with Crippen molar-refractivity contribution in [1.29, 1.82) is 0 Å². The molecule has 0 saturated heterocycles. The Hall–Kier alpha value is -2.63. The van der Waals surface area contributed by atoms with Gasteiger partial charge in [-0.25, -0.2) is 9.37 Å². The molecule has 0 spiro atoms. The van der Waals surface area contributed by atoms with Gasteiger partial charge in [0.25, 0.3) is 5.91 Å². The number of primary amides is 1. The number of nitrogens with one attached hydrogen (secondary N) is 1. The molecule has 0 saturated carbocycles. The predicted molar refractivity (Wildman–Crippen MR) is 71.6 cm³/mol. The van der Waals surface area contributed by atoms with Crippen LogP contribution in [-0.4, -0.2) is 10.9 Å². The number of nitrogens with two attached hydrogens (primary N) is 2. The van der Waals surface area contributed by atoms with Crippen LogP contribution in [0.5, 0.6) is 0 Å². The van der Waals surface area contributed by atoms with Crippen LogP contribution in [-0.2, 0) is 0 Å². The summed E-state index contributed by atoms with van der Waals surface area (Å²) >= 11 is 0. The second-order valence-electron chi connectivity index (χ2n) is 4.11. The Morgan fingerprint density at radius 1 is 1.37 bits per heavy atom. The molecule has 0 fully saturated rings. The molecule has 1 heterocycles. The molecule has 0 aliphatic rings. The number of halogens is 1. The molecule has 0 aliphatic carbocycles. The lowest BCUT2D eigenvalue weighted by molar-refractivity contribution is 0.100. The van der Waals surface area contributed by atoms with Gasteiger partial charge in [0.2, 0.25) is 0 Å². The van der Waals surface area contributed by atoms with Crippen molar-refractivity contribution in [3.05, 3.63) is 47.4 Å². The SMILES string of the molecule is Cc1ccc(Nc2cnc(N)cc2C(N)=O)cc1F. The van der Waals surface area contributed by atoms with E-state index in [-0.39, 0.29) is 17.2 Å². The van der Waals surface area contributed by atoms with Gasteiger partial charge >= 0.3 is 0 Å². The minimum absolute atomic E-state index is 0.189. The summed E-state index contributed by atoms with van der Waals surface area (Å²) in [5, 5.41) is 2.89. The zero-order valence-corrected chi connectivity index (χ0v) is 10.3. The summed E-state index contributed by atoms with van der Waals surface area (Å²) in [5.41, 5.74) is 12.4. The maximum Gasteiger partial charge on any atom is 0.251 e. The van der Waals surface area contributed by atoms with Gasteiger partial charge in [0.1, 0.15) is 11.6 Å². The minimum Gasteiger partial charge on any atom is -0.384 e. The molecule has 0 atom stereocenters. The van der Waals surface area contributed by atoms with E-state index in [9.17, 15) is 9.18 Å². The number of carbonyl (C=O) groups excluding carboxylic acids is 1. The maximum atomic E-state index is 13.4. The molecule has 0 bridgehead atoms. The number of hydrogen-bond donors (Lipinski definition) is 3. The first-order valence-electron chi connectivity index (χ1n) is 5.56. The highest BCUT2D eigenvalue weighted by atomic mass is 19.1. The van der Waals surface area contributed by atoms with E-state index >= 15 is 0 Å². The molecule has 6 heteroatoms. The van der Waals surface area contributed by atoms with Crippen molar-refractivity contribution >= 4 is 23.1 Å². The van der Waals surface area contributed by atoms with Gasteiger partial charge in [-0.1, -0.05) is 6.07 Å². The van der Waals surface area contributed by atoms with Crippen LogP contribution in [0.3, 0.4) is 0 Å². The molecule has 5 nitrogen and oxygen atoms in total. The van der Waals surface area contributed by atoms with Crippen LogP contribution in [0.15, 0.2) is 30.5 Å². The fourth-order valence-electron chi connectivity index (χ4n) is 1.60. The number of amides is 1. The van der Waals surface area contributed by atoms with Crippen LogP contribution in [0.2, 0.25) is 0 Å². The molecule has 0 unspecified atom stereocenters. The molecule has 1 aromatic carbocycles. The van der Waals surface area contributed by atoms with Crippen LogP contribution in [0.1, 0.15) is 15.9 Å². The first-order chi connectivity index (χ1) is 8.97. The summed E-state index contributed by atoms with van der Waals surface area (Å²) < 4.78 is 13.4. The zero-order chi connectivity index (χ0) is 14.0. The molecule has 0 radical (unpaired) electrons. The number of nitrogens with zero attached hydrogens (tertiary/aromatic N) is 1. The Bertz CT molecular complexity index is 643. The highest BCUT2D eigenvalue weighted by Gasteiger charge is 2.10. The Labute approximate surface area is 109 Å². The van der Waals surface area contributed by atoms with Crippen LogP contribution >= 0.6 is 0 Å². The van der Waals surface area contributed by atoms with Crippen molar-refractivity contribution in [2.45, 2.75) is 6.92 Å². The Morgan fingerprint density at radius 3 is 2.74 bits per heavy atom. The van der Waals surface area contributed by atoms with E-state index in [1.807, 2.05) is 0 Å². The van der Waals surface area contributed by atoms with Gasteiger partial charge in [-0.05, 0) is 30.7 Å². The van der Waals surface area contributed by atoms with E-state index in [0.717, 1.165) is 0 Å². The Morgan fingerprint density at radius 2 is 2.11 bits per heavy atom. The van der Waals surface area contributed by atoms with Crippen molar-refractivity contribution in [2.75, 3.05) is 11.1 Å². The van der Waals surface area contributed by atoms with E-state index < -0.39 is 5.91 Å². The third-order valence-electron chi connectivity index (χ3n) is 2.64. The molecule has 98 valence electrons. The molecule has 1 aromatic heterocycles. The second kappa shape index (κ2) is 4.93. The van der Waals surface area contributed by atoms with Crippen LogP contribution in [0.4, 0.5) is 21.6 Å². The number of nitrogen functional groups attached to an aromatic ring is 1. The molecular weight excluding hydrogens is 247 g/mol. The number of rotatable bonds is 3. The van der Waals surface area contributed by atoms with Crippen LogP contribution in [0, 0.1) is 12.7 Å². The van der Waals surface area contributed by atoms with E-state index in [0.29, 0.717) is 16.9 Å². The van der Waals surface area contributed by atoms with E-state index in [1.165, 1.54) is 18.3 Å². The lowest BCUT2D eigenvalue weighted by atomic mass is 10.1. The highest BCUT2D eigenvalue weighted by Crippen LogP contribution is 2.22. The number of pyridine rings is 1. The molecule has 2 aromatic rings. The fourth-order valence-corrected chi connectivity index (χ4v) is 1.60. The molecule has 0 aliphatic heterocycles. The smallest absolute Gasteiger partial charge is 0.251 e. The zero-order valence-electron chi connectivity index (χ0n) is 10.3. The van der Waals surface area contributed by atoms with Crippen LogP contribution in [0.25, 0.3) is 0 Å². The van der Waals surface area contributed by atoms with Gasteiger partial charge in [0.05, 0.1) is 17.4 Å². The molecule has 19 heavy (non-hydrogen) atoms. The van der Waals surface area contributed by atoms with E-state index in [2.05, 4.69) is 10.3 Å². The standard InChI is InChI=1S/C13H13FN4O/c1-7-2-3-8(4-10(7)14)18-11-6-17-12(15)5-9(11)13(16)19/h2-6,18H,1H3,(H2,15,17)(H2,16,19). The summed E-state index contributed by atoms with van der Waals surface area (Å²) in [7, 11) is 0. The van der Waals surface area contributed by atoms with Gasteiger partial charge in [-0.2, -0.15) is 0 Å². The van der Waals surface area contributed by atoms with Gasteiger partial charge < -0.3 is 16.8 Å². The first-order valence-corrected chi connectivity index (χ1v) is 5.56. The first kappa shape index (κ1) is 12.8. The summed E-state index contributed by atoms with van der Waals surface area (Å²) in [6.45, 7) is 1.67. The van der Waals surface area contributed by atoms with Gasteiger partial charge in [-0.3, -0.25) is 4.79 Å². The second-order valence-corrected chi connectivity index (χ2v) is 4.11. The molecule has 5 N–H and O–H groups in total. The topological polar surface area (TPSA) is 94.0 Å². The predicted octanol–water partition coefficient (Wildman–Crippen LogP) is 1.95. The average molecular weight is 260 g/mol. The van der Waals surface area contributed by atoms with Gasteiger partial charge in [-0.15, -0.1) is 0 Å². The third-order valence-corrected chi connectivity index (χ3v) is 2.64. The van der Waals surface area contributed by atoms with Crippen molar-refractivity contribution in [3.63, 3.8) is 0 Å². The van der Waals surface area contributed by atoms with Gasteiger partial charge in [0, 0.05) is 5.69 Å². The summed E-state index contributed by atoms with van der Waals surface area (Å²) in [6.07, 6.45) is 1.38. The normalized spacial score (nSPS) is 10.2.